The molecule has 2 aliphatic heterocycles. The van der Waals surface area contributed by atoms with E-state index < -0.39 is 0 Å². The highest BCUT2D eigenvalue weighted by Gasteiger charge is 2.42. The number of hydrogen-bond acceptors (Lipinski definition) is 4. The number of aromatic nitrogens is 2. The molecule has 3 heterocycles. The summed E-state index contributed by atoms with van der Waals surface area (Å²) in [6, 6.07) is 0. The lowest BCUT2D eigenvalue weighted by molar-refractivity contribution is -0.142. The predicted octanol–water partition coefficient (Wildman–Crippen LogP) is 2.33. The molecule has 2 amide bonds. The van der Waals surface area contributed by atoms with Gasteiger partial charge in [0, 0.05) is 56.3 Å². The SMILES string of the molecule is CCCSCC(=O)N1CCC[C@@]2(CCC(=O)N(CCc3cnc[nH]3)C2)C1. The van der Waals surface area contributed by atoms with Crippen molar-refractivity contribution in [2.45, 2.75) is 45.4 Å². The van der Waals surface area contributed by atoms with E-state index in [-0.39, 0.29) is 17.2 Å². The fourth-order valence-corrected chi connectivity index (χ4v) is 4.92. The number of aromatic amines is 1. The van der Waals surface area contributed by atoms with Crippen molar-refractivity contribution >= 4 is 23.6 Å². The number of thioether (sulfide) groups is 1. The molecule has 7 heteroatoms. The van der Waals surface area contributed by atoms with E-state index in [1.54, 1.807) is 18.1 Å². The van der Waals surface area contributed by atoms with Crippen LogP contribution in [0.3, 0.4) is 0 Å². The lowest BCUT2D eigenvalue weighted by Gasteiger charge is -2.48. The predicted molar refractivity (Wildman–Crippen MR) is 104 cm³/mol. The van der Waals surface area contributed by atoms with Crippen molar-refractivity contribution in [2.24, 2.45) is 5.41 Å². The Morgan fingerprint density at radius 1 is 1.38 bits per heavy atom. The third kappa shape index (κ3) is 4.81. The number of amides is 2. The Morgan fingerprint density at radius 2 is 2.27 bits per heavy atom. The third-order valence-electron chi connectivity index (χ3n) is 5.54. The normalized spacial score (nSPS) is 23.7. The average Bonchev–Trinajstić information content (AvgIpc) is 3.16. The molecular weight excluding hydrogens is 348 g/mol. The number of hydrogen-bond donors (Lipinski definition) is 1. The number of nitrogens with one attached hydrogen (secondary N) is 1. The Morgan fingerprint density at radius 3 is 3.04 bits per heavy atom. The van der Waals surface area contributed by atoms with Crippen LogP contribution >= 0.6 is 11.8 Å². The molecule has 2 fully saturated rings. The van der Waals surface area contributed by atoms with Gasteiger partial charge in [-0.2, -0.15) is 11.8 Å². The summed E-state index contributed by atoms with van der Waals surface area (Å²) in [5, 5.41) is 0. The number of imidazole rings is 1. The Bertz CT molecular complexity index is 607. The highest BCUT2D eigenvalue weighted by atomic mass is 32.2. The summed E-state index contributed by atoms with van der Waals surface area (Å²) >= 11 is 1.73. The van der Waals surface area contributed by atoms with Crippen molar-refractivity contribution < 1.29 is 9.59 Å². The molecule has 2 aliphatic rings. The number of carbonyl (C=O) groups is 2. The highest BCUT2D eigenvalue weighted by molar-refractivity contribution is 7.99. The van der Waals surface area contributed by atoms with Gasteiger partial charge in [-0.3, -0.25) is 9.59 Å². The van der Waals surface area contributed by atoms with E-state index in [0.29, 0.717) is 12.2 Å². The van der Waals surface area contributed by atoms with Crippen LogP contribution in [0.25, 0.3) is 0 Å². The lowest BCUT2D eigenvalue weighted by Crippen LogP contribution is -2.55. The minimum Gasteiger partial charge on any atom is -0.348 e. The topological polar surface area (TPSA) is 69.3 Å². The second-order valence-electron chi connectivity index (χ2n) is 7.61. The van der Waals surface area contributed by atoms with E-state index >= 15 is 0 Å². The van der Waals surface area contributed by atoms with Crippen molar-refractivity contribution in [1.29, 1.82) is 0 Å². The van der Waals surface area contributed by atoms with Gasteiger partial charge >= 0.3 is 0 Å². The van der Waals surface area contributed by atoms with Crippen LogP contribution in [-0.4, -0.2) is 69.3 Å². The molecule has 0 aliphatic carbocycles. The second-order valence-corrected chi connectivity index (χ2v) is 8.72. The average molecular weight is 379 g/mol. The molecule has 3 rings (SSSR count). The maximum atomic E-state index is 12.5. The fraction of sp³-hybridized carbons (Fsp3) is 0.737. The minimum absolute atomic E-state index is 0.0885. The highest BCUT2D eigenvalue weighted by Crippen LogP contribution is 2.39. The van der Waals surface area contributed by atoms with E-state index in [0.717, 1.165) is 69.7 Å². The Kier molecular flexibility index (Phi) is 6.62. The zero-order chi connectivity index (χ0) is 18.4. The molecule has 1 N–H and O–H groups in total. The van der Waals surface area contributed by atoms with E-state index in [4.69, 9.17) is 0 Å². The van der Waals surface area contributed by atoms with Crippen molar-refractivity contribution in [3.8, 4) is 0 Å². The van der Waals surface area contributed by atoms with Gasteiger partial charge in [-0.15, -0.1) is 0 Å². The van der Waals surface area contributed by atoms with E-state index in [2.05, 4.69) is 21.8 Å². The fourth-order valence-electron chi connectivity index (χ4n) is 4.13. The van der Waals surface area contributed by atoms with Gasteiger partial charge in [0.25, 0.3) is 0 Å². The zero-order valence-electron chi connectivity index (χ0n) is 15.7. The standard InChI is InChI=1S/C19H30N4O2S/c1-2-10-26-12-18(25)22-8-3-6-19(13-22)7-4-17(24)23(14-19)9-5-16-11-20-15-21-16/h11,15H,2-10,12-14H2,1H3,(H,20,21)/t19-/m1/s1. The van der Waals surface area contributed by atoms with Crippen molar-refractivity contribution in [1.82, 2.24) is 19.8 Å². The molecule has 1 aromatic rings. The molecule has 0 unspecified atom stereocenters. The summed E-state index contributed by atoms with van der Waals surface area (Å²) in [4.78, 5) is 36.1. The summed E-state index contributed by atoms with van der Waals surface area (Å²) in [7, 11) is 0. The first-order valence-corrected chi connectivity index (χ1v) is 10.9. The Balaban J connectivity index is 1.57. The second kappa shape index (κ2) is 8.93. The maximum Gasteiger partial charge on any atom is 0.232 e. The number of likely N-dealkylation sites (tertiary alicyclic amines) is 2. The molecule has 0 bridgehead atoms. The number of carbonyl (C=O) groups excluding carboxylic acids is 2. The minimum atomic E-state index is 0.0885. The first-order valence-electron chi connectivity index (χ1n) is 9.72. The van der Waals surface area contributed by atoms with Gasteiger partial charge in [0.2, 0.25) is 11.8 Å². The summed E-state index contributed by atoms with van der Waals surface area (Å²) < 4.78 is 0. The van der Waals surface area contributed by atoms with Gasteiger partial charge in [0.1, 0.15) is 0 Å². The molecular formula is C19H30N4O2S. The van der Waals surface area contributed by atoms with Gasteiger partial charge in [-0.25, -0.2) is 4.98 Å². The first-order chi connectivity index (χ1) is 12.6. The smallest absolute Gasteiger partial charge is 0.232 e. The largest absolute Gasteiger partial charge is 0.348 e. The summed E-state index contributed by atoms with van der Waals surface area (Å²) in [5.74, 6) is 2.15. The number of piperidine rings is 2. The molecule has 1 aromatic heterocycles. The summed E-state index contributed by atoms with van der Waals surface area (Å²) in [6.07, 6.45) is 9.09. The molecule has 6 nitrogen and oxygen atoms in total. The molecule has 1 spiro atoms. The van der Waals surface area contributed by atoms with Gasteiger partial charge in [0.15, 0.2) is 0 Å². The molecule has 26 heavy (non-hydrogen) atoms. The Labute approximate surface area is 160 Å². The zero-order valence-corrected chi connectivity index (χ0v) is 16.5. The molecule has 0 radical (unpaired) electrons. The molecule has 2 saturated heterocycles. The van der Waals surface area contributed by atoms with Gasteiger partial charge < -0.3 is 14.8 Å². The van der Waals surface area contributed by atoms with Crippen LogP contribution in [0, 0.1) is 5.41 Å². The lowest BCUT2D eigenvalue weighted by atomic mass is 9.73. The van der Waals surface area contributed by atoms with Crippen LogP contribution in [0.2, 0.25) is 0 Å². The molecule has 0 saturated carbocycles. The monoisotopic (exact) mass is 378 g/mol. The molecule has 144 valence electrons. The molecule has 0 aromatic carbocycles. The van der Waals surface area contributed by atoms with Crippen LogP contribution in [0.4, 0.5) is 0 Å². The van der Waals surface area contributed by atoms with Gasteiger partial charge in [0.05, 0.1) is 12.1 Å². The van der Waals surface area contributed by atoms with Crippen LogP contribution in [0.1, 0.15) is 44.7 Å². The van der Waals surface area contributed by atoms with Crippen LogP contribution in [0.5, 0.6) is 0 Å². The maximum absolute atomic E-state index is 12.5. The summed E-state index contributed by atoms with van der Waals surface area (Å²) in [5.41, 5.74) is 1.15. The van der Waals surface area contributed by atoms with Crippen LogP contribution in [0.15, 0.2) is 12.5 Å². The Hall–Kier alpha value is -1.50. The number of H-pyrrole nitrogens is 1. The third-order valence-corrected chi connectivity index (χ3v) is 6.69. The van der Waals surface area contributed by atoms with Gasteiger partial charge in [-0.05, 0) is 31.4 Å². The van der Waals surface area contributed by atoms with Crippen LogP contribution < -0.4 is 0 Å². The van der Waals surface area contributed by atoms with E-state index in [1.807, 2.05) is 11.1 Å². The quantitative estimate of drug-likeness (QED) is 0.740. The van der Waals surface area contributed by atoms with E-state index in [9.17, 15) is 9.59 Å². The summed E-state index contributed by atoms with van der Waals surface area (Å²) in [6.45, 7) is 5.33. The van der Waals surface area contributed by atoms with Gasteiger partial charge in [-0.1, -0.05) is 6.92 Å². The number of rotatable bonds is 7. The van der Waals surface area contributed by atoms with Crippen molar-refractivity contribution in [3.63, 3.8) is 0 Å². The first kappa shape index (κ1) is 19.3. The van der Waals surface area contributed by atoms with Crippen molar-refractivity contribution in [2.75, 3.05) is 37.7 Å². The van der Waals surface area contributed by atoms with Crippen LogP contribution in [-0.2, 0) is 16.0 Å². The van der Waals surface area contributed by atoms with Crippen molar-refractivity contribution in [3.05, 3.63) is 18.2 Å². The van der Waals surface area contributed by atoms with E-state index in [1.165, 1.54) is 0 Å². The number of nitrogens with zero attached hydrogens (tertiary/aromatic N) is 3. The molecule has 1 atom stereocenters.